The first kappa shape index (κ1) is 19.2. The zero-order valence-corrected chi connectivity index (χ0v) is 14.8. The van der Waals surface area contributed by atoms with Gasteiger partial charge >= 0.3 is 6.09 Å². The van der Waals surface area contributed by atoms with Crippen LogP contribution < -0.4 is 10.1 Å². The van der Waals surface area contributed by atoms with Gasteiger partial charge in [0.15, 0.2) is 6.10 Å². The zero-order valence-electron chi connectivity index (χ0n) is 12.6. The SMILES string of the molecule is CCCCNC(=O)O[C@H](c1ccc(OCC)cc1)C(Cl)(Cl)Cl. The number of hydrogen-bond donors (Lipinski definition) is 1. The molecule has 0 spiro atoms. The van der Waals surface area contributed by atoms with Crippen molar-refractivity contribution in [2.75, 3.05) is 13.2 Å². The summed E-state index contributed by atoms with van der Waals surface area (Å²) in [5.74, 6) is 0.696. The number of rotatable bonds is 7. The largest absolute Gasteiger partial charge is 0.494 e. The van der Waals surface area contributed by atoms with Gasteiger partial charge in [0.2, 0.25) is 3.79 Å². The van der Waals surface area contributed by atoms with E-state index in [0.29, 0.717) is 24.5 Å². The minimum atomic E-state index is -1.77. The number of alkyl carbamates (subject to hydrolysis) is 1. The average molecular weight is 369 g/mol. The predicted molar refractivity (Wildman–Crippen MR) is 90.0 cm³/mol. The van der Waals surface area contributed by atoms with Crippen molar-refractivity contribution >= 4 is 40.9 Å². The topological polar surface area (TPSA) is 47.6 Å². The van der Waals surface area contributed by atoms with Crippen LogP contribution in [0.25, 0.3) is 0 Å². The van der Waals surface area contributed by atoms with Crippen molar-refractivity contribution in [3.8, 4) is 5.75 Å². The summed E-state index contributed by atoms with van der Waals surface area (Å²) in [6, 6.07) is 6.88. The molecular weight excluding hydrogens is 349 g/mol. The van der Waals surface area contributed by atoms with Gasteiger partial charge in [-0.3, -0.25) is 0 Å². The molecule has 22 heavy (non-hydrogen) atoms. The molecule has 1 aromatic rings. The summed E-state index contributed by atoms with van der Waals surface area (Å²) in [6.07, 6.45) is 0.206. The molecule has 4 nitrogen and oxygen atoms in total. The molecular formula is C15H20Cl3NO3. The molecule has 1 amide bonds. The Bertz CT molecular complexity index is 460. The molecule has 7 heteroatoms. The van der Waals surface area contributed by atoms with Crippen molar-refractivity contribution in [2.24, 2.45) is 0 Å². The molecule has 0 aliphatic carbocycles. The number of ether oxygens (including phenoxy) is 2. The maximum absolute atomic E-state index is 11.8. The summed E-state index contributed by atoms with van der Waals surface area (Å²) in [5, 5.41) is 2.63. The Morgan fingerprint density at radius 3 is 2.36 bits per heavy atom. The number of benzene rings is 1. The Kier molecular flexibility index (Phi) is 8.15. The Labute approximate surface area is 146 Å². The Morgan fingerprint density at radius 1 is 1.23 bits per heavy atom. The summed E-state index contributed by atoms with van der Waals surface area (Å²) in [7, 11) is 0. The highest BCUT2D eigenvalue weighted by Crippen LogP contribution is 2.42. The Morgan fingerprint density at radius 2 is 1.86 bits per heavy atom. The molecule has 0 heterocycles. The third-order valence-electron chi connectivity index (χ3n) is 2.82. The van der Waals surface area contributed by atoms with Gasteiger partial charge in [0.25, 0.3) is 0 Å². The molecule has 0 saturated heterocycles. The maximum Gasteiger partial charge on any atom is 0.407 e. The van der Waals surface area contributed by atoms with E-state index >= 15 is 0 Å². The van der Waals surface area contributed by atoms with Crippen LogP contribution in [0.5, 0.6) is 5.75 Å². The summed E-state index contributed by atoms with van der Waals surface area (Å²) >= 11 is 17.8. The van der Waals surface area contributed by atoms with Crippen molar-refractivity contribution in [1.82, 2.24) is 5.32 Å². The smallest absolute Gasteiger partial charge is 0.407 e. The number of unbranched alkanes of at least 4 members (excludes halogenated alkanes) is 1. The summed E-state index contributed by atoms with van der Waals surface area (Å²) in [4.78, 5) is 11.8. The quantitative estimate of drug-likeness (QED) is 0.543. The molecule has 0 aliphatic heterocycles. The van der Waals surface area contributed by atoms with E-state index in [-0.39, 0.29) is 0 Å². The van der Waals surface area contributed by atoms with Gasteiger partial charge in [0.05, 0.1) is 6.61 Å². The first-order valence-electron chi connectivity index (χ1n) is 7.12. The fourth-order valence-electron chi connectivity index (χ4n) is 1.75. The highest BCUT2D eigenvalue weighted by molar-refractivity contribution is 6.68. The minimum Gasteiger partial charge on any atom is -0.494 e. The molecule has 1 N–H and O–H groups in total. The molecule has 0 aromatic heterocycles. The van der Waals surface area contributed by atoms with Crippen LogP contribution in [0.15, 0.2) is 24.3 Å². The van der Waals surface area contributed by atoms with Gasteiger partial charge in [-0.15, -0.1) is 0 Å². The lowest BCUT2D eigenvalue weighted by Crippen LogP contribution is -2.31. The van der Waals surface area contributed by atoms with Gasteiger partial charge < -0.3 is 14.8 Å². The first-order chi connectivity index (χ1) is 10.4. The lowest BCUT2D eigenvalue weighted by atomic mass is 10.1. The van der Waals surface area contributed by atoms with E-state index in [1.54, 1.807) is 24.3 Å². The number of hydrogen-bond acceptors (Lipinski definition) is 3. The van der Waals surface area contributed by atoms with E-state index in [2.05, 4.69) is 5.32 Å². The number of amides is 1. The highest BCUT2D eigenvalue weighted by Gasteiger charge is 2.37. The second-order valence-corrected chi connectivity index (χ2v) is 6.98. The summed E-state index contributed by atoms with van der Waals surface area (Å²) in [6.45, 7) is 4.99. The van der Waals surface area contributed by atoms with Crippen molar-refractivity contribution in [1.29, 1.82) is 0 Å². The third-order valence-corrected chi connectivity index (χ3v) is 3.41. The molecule has 0 fully saturated rings. The van der Waals surface area contributed by atoms with E-state index < -0.39 is 16.0 Å². The number of alkyl halides is 3. The fourth-order valence-corrected chi connectivity index (χ4v) is 2.26. The zero-order chi connectivity index (χ0) is 16.6. The molecule has 1 atom stereocenters. The van der Waals surface area contributed by atoms with Crippen LogP contribution in [0.3, 0.4) is 0 Å². The number of carbonyl (C=O) groups excluding carboxylic acids is 1. The van der Waals surface area contributed by atoms with Gasteiger partial charge in [0.1, 0.15) is 5.75 Å². The van der Waals surface area contributed by atoms with Gasteiger partial charge in [0, 0.05) is 6.54 Å². The Hall–Kier alpha value is -0.840. The Balaban J connectivity index is 2.78. The molecule has 1 aromatic carbocycles. The van der Waals surface area contributed by atoms with Crippen LogP contribution in [-0.4, -0.2) is 23.0 Å². The second-order valence-electron chi connectivity index (χ2n) is 4.61. The van der Waals surface area contributed by atoms with Crippen LogP contribution in [0.4, 0.5) is 4.79 Å². The van der Waals surface area contributed by atoms with E-state index in [4.69, 9.17) is 44.3 Å². The van der Waals surface area contributed by atoms with E-state index in [9.17, 15) is 4.79 Å². The number of carbonyl (C=O) groups is 1. The molecule has 0 bridgehead atoms. The maximum atomic E-state index is 11.8. The van der Waals surface area contributed by atoms with Crippen molar-refractivity contribution < 1.29 is 14.3 Å². The predicted octanol–water partition coefficient (Wildman–Crippen LogP) is 5.02. The first-order valence-corrected chi connectivity index (χ1v) is 8.25. The summed E-state index contributed by atoms with van der Waals surface area (Å²) in [5.41, 5.74) is 0.578. The van der Waals surface area contributed by atoms with Crippen LogP contribution in [0, 0.1) is 0 Å². The molecule has 1 rings (SSSR count). The van der Waals surface area contributed by atoms with E-state index in [1.807, 2.05) is 13.8 Å². The van der Waals surface area contributed by atoms with E-state index in [1.165, 1.54) is 0 Å². The second kappa shape index (κ2) is 9.33. The van der Waals surface area contributed by atoms with Gasteiger partial charge in [-0.25, -0.2) is 4.79 Å². The van der Waals surface area contributed by atoms with Crippen LogP contribution in [0.1, 0.15) is 38.4 Å². The standard InChI is InChI=1S/C15H20Cl3NO3/c1-3-5-10-19-14(20)22-13(15(16,17)18)11-6-8-12(9-7-11)21-4-2/h6-9,13H,3-5,10H2,1-2H3,(H,19,20)/t13-/m1/s1. The van der Waals surface area contributed by atoms with Crippen LogP contribution in [0.2, 0.25) is 0 Å². The molecule has 124 valence electrons. The minimum absolute atomic E-state index is 0.519. The summed E-state index contributed by atoms with van der Waals surface area (Å²) < 4.78 is 8.85. The van der Waals surface area contributed by atoms with Crippen LogP contribution >= 0.6 is 34.8 Å². The molecule has 0 radical (unpaired) electrons. The average Bonchev–Trinajstić information content (AvgIpc) is 2.45. The van der Waals surface area contributed by atoms with Crippen molar-refractivity contribution in [3.05, 3.63) is 29.8 Å². The normalized spacial score (nSPS) is 12.6. The third kappa shape index (κ3) is 6.51. The number of nitrogens with one attached hydrogen (secondary N) is 1. The lowest BCUT2D eigenvalue weighted by Gasteiger charge is -2.25. The molecule has 0 unspecified atom stereocenters. The lowest BCUT2D eigenvalue weighted by molar-refractivity contribution is 0.0991. The van der Waals surface area contributed by atoms with Gasteiger partial charge in [-0.1, -0.05) is 60.3 Å². The molecule has 0 saturated carbocycles. The highest BCUT2D eigenvalue weighted by atomic mass is 35.6. The molecule has 0 aliphatic rings. The fraction of sp³-hybridized carbons (Fsp3) is 0.533. The van der Waals surface area contributed by atoms with Gasteiger partial charge in [-0.2, -0.15) is 0 Å². The van der Waals surface area contributed by atoms with Crippen molar-refractivity contribution in [3.63, 3.8) is 0 Å². The van der Waals surface area contributed by atoms with Gasteiger partial charge in [-0.05, 0) is 31.0 Å². The number of halogens is 3. The monoisotopic (exact) mass is 367 g/mol. The van der Waals surface area contributed by atoms with E-state index in [0.717, 1.165) is 12.8 Å². The van der Waals surface area contributed by atoms with Crippen LogP contribution in [-0.2, 0) is 4.74 Å². The van der Waals surface area contributed by atoms with Crippen molar-refractivity contribution in [2.45, 2.75) is 36.6 Å².